The van der Waals surface area contributed by atoms with Crippen LogP contribution in [0.3, 0.4) is 0 Å². The molecular weight excluding hydrogens is 264 g/mol. The van der Waals surface area contributed by atoms with E-state index in [0.717, 1.165) is 12.0 Å². The summed E-state index contributed by atoms with van der Waals surface area (Å²) in [5.74, 6) is -0.265. The number of rotatable bonds is 2. The number of nitrogens with one attached hydrogen (secondary N) is 1. The molecule has 4 nitrogen and oxygen atoms in total. The Balaban J connectivity index is 2.01. The Morgan fingerprint density at radius 3 is 3.05 bits per heavy atom. The molecule has 1 fully saturated rings. The molecule has 0 aliphatic carbocycles. The third-order valence-corrected chi connectivity index (χ3v) is 3.08. The summed E-state index contributed by atoms with van der Waals surface area (Å²) in [6.07, 6.45) is 3.96. The Hall–Kier alpha value is -1.81. The lowest BCUT2D eigenvalue weighted by Crippen LogP contribution is -2.36. The van der Waals surface area contributed by atoms with Crippen LogP contribution in [0.25, 0.3) is 6.08 Å². The molecule has 0 unspecified atom stereocenters. The van der Waals surface area contributed by atoms with Crippen molar-refractivity contribution in [2.75, 3.05) is 19.6 Å². The maximum atomic E-state index is 12.0. The van der Waals surface area contributed by atoms with Crippen molar-refractivity contribution in [3.05, 3.63) is 40.9 Å². The Labute approximate surface area is 117 Å². The van der Waals surface area contributed by atoms with Crippen LogP contribution in [0, 0.1) is 0 Å². The quantitative estimate of drug-likeness (QED) is 0.837. The third kappa shape index (κ3) is 4.10. The van der Waals surface area contributed by atoms with Crippen molar-refractivity contribution in [3.63, 3.8) is 0 Å². The van der Waals surface area contributed by atoms with Gasteiger partial charge in [0.15, 0.2) is 0 Å². The molecular formula is C14H15ClN2O2. The molecule has 2 amide bonds. The summed E-state index contributed by atoms with van der Waals surface area (Å²) >= 11 is 5.87. The Morgan fingerprint density at radius 2 is 2.26 bits per heavy atom. The minimum Gasteiger partial charge on any atom is -0.354 e. The molecule has 1 aliphatic rings. The largest absolute Gasteiger partial charge is 0.354 e. The molecule has 1 aromatic rings. The highest BCUT2D eigenvalue weighted by atomic mass is 35.5. The van der Waals surface area contributed by atoms with Crippen LogP contribution in [0.4, 0.5) is 0 Å². The minimum atomic E-state index is -0.156. The van der Waals surface area contributed by atoms with E-state index in [1.807, 2.05) is 12.1 Å². The summed E-state index contributed by atoms with van der Waals surface area (Å²) in [5, 5.41) is 3.36. The molecule has 19 heavy (non-hydrogen) atoms. The predicted molar refractivity (Wildman–Crippen MR) is 74.7 cm³/mol. The number of carbonyl (C=O) groups is 2. The normalized spacial score (nSPS) is 16.3. The van der Waals surface area contributed by atoms with Gasteiger partial charge in [-0.1, -0.05) is 23.7 Å². The summed E-state index contributed by atoms with van der Waals surface area (Å²) in [5.41, 5.74) is 0.861. The van der Waals surface area contributed by atoms with Crippen LogP contribution in [0.2, 0.25) is 5.02 Å². The smallest absolute Gasteiger partial charge is 0.247 e. The van der Waals surface area contributed by atoms with Gasteiger partial charge in [0.25, 0.3) is 0 Å². The van der Waals surface area contributed by atoms with Gasteiger partial charge in [0.1, 0.15) is 0 Å². The van der Waals surface area contributed by atoms with Gasteiger partial charge in [-0.3, -0.25) is 9.59 Å². The average Bonchev–Trinajstić information content (AvgIpc) is 2.61. The fourth-order valence-electron chi connectivity index (χ4n) is 1.88. The van der Waals surface area contributed by atoms with Crippen molar-refractivity contribution < 1.29 is 9.59 Å². The van der Waals surface area contributed by atoms with Crippen LogP contribution in [0.15, 0.2) is 30.3 Å². The molecule has 1 N–H and O–H groups in total. The molecule has 0 bridgehead atoms. The molecule has 0 radical (unpaired) electrons. The summed E-state index contributed by atoms with van der Waals surface area (Å²) < 4.78 is 0. The predicted octanol–water partition coefficient (Wildman–Crippen LogP) is 1.70. The highest BCUT2D eigenvalue weighted by Gasteiger charge is 2.17. The van der Waals surface area contributed by atoms with Crippen LogP contribution < -0.4 is 5.32 Å². The fraction of sp³-hybridized carbons (Fsp3) is 0.286. The monoisotopic (exact) mass is 278 g/mol. The SMILES string of the molecule is O=C1CN(C(=O)C=Cc2cccc(Cl)c2)CCCN1. The van der Waals surface area contributed by atoms with E-state index in [1.165, 1.54) is 6.08 Å². The number of benzene rings is 1. The summed E-state index contributed by atoms with van der Waals surface area (Å²) in [6.45, 7) is 1.34. The van der Waals surface area contributed by atoms with E-state index in [2.05, 4.69) is 5.32 Å². The van der Waals surface area contributed by atoms with Gasteiger partial charge >= 0.3 is 0 Å². The Bertz CT molecular complexity index is 514. The number of halogens is 1. The zero-order valence-corrected chi connectivity index (χ0v) is 11.2. The maximum absolute atomic E-state index is 12.0. The number of nitrogens with zero attached hydrogens (tertiary/aromatic N) is 1. The lowest BCUT2D eigenvalue weighted by atomic mass is 10.2. The van der Waals surface area contributed by atoms with Gasteiger partial charge in [-0.15, -0.1) is 0 Å². The highest BCUT2D eigenvalue weighted by Crippen LogP contribution is 2.12. The zero-order chi connectivity index (χ0) is 13.7. The third-order valence-electron chi connectivity index (χ3n) is 2.84. The van der Waals surface area contributed by atoms with Gasteiger partial charge in [-0.2, -0.15) is 0 Å². The molecule has 0 aromatic heterocycles. The van der Waals surface area contributed by atoms with Crippen LogP contribution in [-0.4, -0.2) is 36.3 Å². The molecule has 1 aliphatic heterocycles. The van der Waals surface area contributed by atoms with Crippen molar-refractivity contribution in [2.45, 2.75) is 6.42 Å². The molecule has 1 aromatic carbocycles. The summed E-state index contributed by atoms with van der Waals surface area (Å²) in [6, 6.07) is 7.25. The maximum Gasteiger partial charge on any atom is 0.247 e. The standard InChI is InChI=1S/C14H15ClN2O2/c15-12-4-1-3-11(9-12)5-6-14(19)17-8-2-7-16-13(18)10-17/h1,3-6,9H,2,7-8,10H2,(H,16,18). The second-order valence-electron chi connectivity index (χ2n) is 4.35. The van der Waals surface area contributed by atoms with Gasteiger partial charge in [0.05, 0.1) is 6.54 Å². The van der Waals surface area contributed by atoms with E-state index in [9.17, 15) is 9.59 Å². The van der Waals surface area contributed by atoms with E-state index in [-0.39, 0.29) is 18.4 Å². The van der Waals surface area contributed by atoms with Crippen LogP contribution >= 0.6 is 11.6 Å². The first-order chi connectivity index (χ1) is 9.15. The topological polar surface area (TPSA) is 49.4 Å². The summed E-state index contributed by atoms with van der Waals surface area (Å²) in [7, 11) is 0. The van der Waals surface area contributed by atoms with Crippen molar-refractivity contribution in [2.24, 2.45) is 0 Å². The average molecular weight is 279 g/mol. The number of carbonyl (C=O) groups excluding carboxylic acids is 2. The lowest BCUT2D eigenvalue weighted by Gasteiger charge is -2.16. The first-order valence-corrected chi connectivity index (χ1v) is 6.52. The lowest BCUT2D eigenvalue weighted by molar-refractivity contribution is -0.131. The molecule has 0 spiro atoms. The van der Waals surface area contributed by atoms with Crippen molar-refractivity contribution >= 4 is 29.5 Å². The van der Waals surface area contributed by atoms with Gasteiger partial charge in [-0.25, -0.2) is 0 Å². The zero-order valence-electron chi connectivity index (χ0n) is 10.4. The molecule has 1 heterocycles. The van der Waals surface area contributed by atoms with Gasteiger partial charge in [0, 0.05) is 24.2 Å². The molecule has 5 heteroatoms. The number of hydrogen-bond acceptors (Lipinski definition) is 2. The molecule has 0 atom stereocenters. The van der Waals surface area contributed by atoms with Crippen molar-refractivity contribution in [1.82, 2.24) is 10.2 Å². The minimum absolute atomic E-state index is 0.109. The van der Waals surface area contributed by atoms with Gasteiger partial charge in [-0.05, 0) is 30.2 Å². The molecule has 100 valence electrons. The van der Waals surface area contributed by atoms with Crippen LogP contribution in [0.1, 0.15) is 12.0 Å². The number of hydrogen-bond donors (Lipinski definition) is 1. The molecule has 2 rings (SSSR count). The second-order valence-corrected chi connectivity index (χ2v) is 4.79. The van der Waals surface area contributed by atoms with E-state index in [0.29, 0.717) is 18.1 Å². The van der Waals surface area contributed by atoms with E-state index in [1.54, 1.807) is 23.1 Å². The fourth-order valence-corrected chi connectivity index (χ4v) is 2.08. The van der Waals surface area contributed by atoms with Crippen LogP contribution in [-0.2, 0) is 9.59 Å². The van der Waals surface area contributed by atoms with E-state index >= 15 is 0 Å². The van der Waals surface area contributed by atoms with E-state index < -0.39 is 0 Å². The summed E-state index contributed by atoms with van der Waals surface area (Å²) in [4.78, 5) is 24.9. The Kier molecular flexibility index (Phi) is 4.58. The van der Waals surface area contributed by atoms with Gasteiger partial charge in [0.2, 0.25) is 11.8 Å². The first-order valence-electron chi connectivity index (χ1n) is 6.14. The molecule has 0 saturated carbocycles. The van der Waals surface area contributed by atoms with Crippen LogP contribution in [0.5, 0.6) is 0 Å². The van der Waals surface area contributed by atoms with Crippen molar-refractivity contribution in [1.29, 1.82) is 0 Å². The second kappa shape index (κ2) is 6.38. The highest BCUT2D eigenvalue weighted by molar-refractivity contribution is 6.30. The molecule has 1 saturated heterocycles. The van der Waals surface area contributed by atoms with Crippen molar-refractivity contribution in [3.8, 4) is 0 Å². The number of amides is 2. The Morgan fingerprint density at radius 1 is 1.42 bits per heavy atom. The first kappa shape index (κ1) is 13.6. The van der Waals surface area contributed by atoms with Gasteiger partial charge < -0.3 is 10.2 Å². The van der Waals surface area contributed by atoms with E-state index in [4.69, 9.17) is 11.6 Å².